The van der Waals surface area contributed by atoms with Gasteiger partial charge in [0.05, 0.1) is 5.02 Å². The van der Waals surface area contributed by atoms with Crippen molar-refractivity contribution in [2.45, 2.75) is 31.5 Å². The van der Waals surface area contributed by atoms with Crippen molar-refractivity contribution in [3.05, 3.63) is 28.8 Å². The molecule has 1 spiro atoms. The molecule has 2 N–H and O–H groups in total. The van der Waals surface area contributed by atoms with Gasteiger partial charge in [-0.3, -0.25) is 0 Å². The third-order valence-corrected chi connectivity index (χ3v) is 3.78. The fourth-order valence-corrected chi connectivity index (χ4v) is 2.79. The summed E-state index contributed by atoms with van der Waals surface area (Å²) in [6.45, 7) is 0.495. The zero-order chi connectivity index (χ0) is 12.6. The number of benzene rings is 1. The van der Waals surface area contributed by atoms with E-state index in [0.717, 1.165) is 42.7 Å². The van der Waals surface area contributed by atoms with Crippen LogP contribution >= 0.6 is 11.6 Å². The molecule has 3 nitrogen and oxygen atoms in total. The van der Waals surface area contributed by atoms with Gasteiger partial charge in [-0.05, 0) is 24.5 Å². The Morgan fingerprint density at radius 1 is 1.22 bits per heavy atom. The van der Waals surface area contributed by atoms with E-state index in [2.05, 4.69) is 0 Å². The van der Waals surface area contributed by atoms with E-state index in [1.807, 2.05) is 24.3 Å². The Morgan fingerprint density at radius 3 is 2.56 bits per heavy atom. The molecule has 1 saturated carbocycles. The molecule has 0 unspecified atom stereocenters. The van der Waals surface area contributed by atoms with E-state index in [0.29, 0.717) is 11.6 Å². The molecular formula is C14H16ClNO2. The lowest BCUT2D eigenvalue weighted by atomic mass is 10.2. The van der Waals surface area contributed by atoms with Crippen LogP contribution < -0.4 is 15.2 Å². The van der Waals surface area contributed by atoms with Crippen molar-refractivity contribution >= 4 is 17.7 Å². The SMILES string of the molecule is NC/C=C/c1cc2c(cc1Cl)OC1(CCCC1)O2. The first-order chi connectivity index (χ1) is 8.72. The Morgan fingerprint density at radius 2 is 1.89 bits per heavy atom. The number of hydrogen-bond donors (Lipinski definition) is 1. The largest absolute Gasteiger partial charge is 0.448 e. The van der Waals surface area contributed by atoms with Gasteiger partial charge in [-0.25, -0.2) is 0 Å². The second-order valence-electron chi connectivity index (χ2n) is 4.78. The minimum Gasteiger partial charge on any atom is -0.448 e. The van der Waals surface area contributed by atoms with Crippen LogP contribution in [0.5, 0.6) is 11.5 Å². The highest BCUT2D eigenvalue weighted by molar-refractivity contribution is 6.32. The molecule has 1 heterocycles. The zero-order valence-electron chi connectivity index (χ0n) is 10.1. The summed E-state index contributed by atoms with van der Waals surface area (Å²) in [5, 5.41) is 0.664. The van der Waals surface area contributed by atoms with E-state index in [-0.39, 0.29) is 0 Å². The normalized spacial score (nSPS) is 20.1. The molecule has 0 saturated heterocycles. The molecule has 1 aromatic rings. The summed E-state index contributed by atoms with van der Waals surface area (Å²) in [5.74, 6) is 1.12. The quantitative estimate of drug-likeness (QED) is 0.892. The molecule has 0 bridgehead atoms. The van der Waals surface area contributed by atoms with E-state index in [4.69, 9.17) is 26.8 Å². The van der Waals surface area contributed by atoms with Crippen LogP contribution in [-0.2, 0) is 0 Å². The molecule has 96 valence electrons. The van der Waals surface area contributed by atoms with E-state index in [9.17, 15) is 0 Å². The Bertz CT molecular complexity index is 493. The van der Waals surface area contributed by atoms with Crippen molar-refractivity contribution in [1.82, 2.24) is 0 Å². The van der Waals surface area contributed by atoms with Gasteiger partial charge in [-0.1, -0.05) is 23.8 Å². The van der Waals surface area contributed by atoms with Crippen molar-refractivity contribution in [2.24, 2.45) is 5.73 Å². The highest BCUT2D eigenvalue weighted by Crippen LogP contribution is 2.48. The fourth-order valence-electron chi connectivity index (χ4n) is 2.57. The number of nitrogens with two attached hydrogens (primary N) is 1. The van der Waals surface area contributed by atoms with Gasteiger partial charge in [-0.2, -0.15) is 0 Å². The second kappa shape index (κ2) is 4.48. The zero-order valence-corrected chi connectivity index (χ0v) is 10.9. The maximum absolute atomic E-state index is 6.21. The summed E-state index contributed by atoms with van der Waals surface area (Å²) in [4.78, 5) is 0. The van der Waals surface area contributed by atoms with Gasteiger partial charge in [0.15, 0.2) is 11.5 Å². The molecule has 1 aliphatic heterocycles. The van der Waals surface area contributed by atoms with Crippen LogP contribution in [0.1, 0.15) is 31.2 Å². The topological polar surface area (TPSA) is 44.5 Å². The summed E-state index contributed by atoms with van der Waals surface area (Å²) in [7, 11) is 0. The predicted molar refractivity (Wildman–Crippen MR) is 72.0 cm³/mol. The first-order valence-corrected chi connectivity index (χ1v) is 6.68. The van der Waals surface area contributed by atoms with Gasteiger partial charge in [0.1, 0.15) is 0 Å². The summed E-state index contributed by atoms with van der Waals surface area (Å²) >= 11 is 6.21. The van der Waals surface area contributed by atoms with Gasteiger partial charge in [0.25, 0.3) is 5.79 Å². The highest BCUT2D eigenvalue weighted by Gasteiger charge is 2.44. The molecule has 1 fully saturated rings. The molecule has 0 radical (unpaired) electrons. The first-order valence-electron chi connectivity index (χ1n) is 6.31. The molecule has 1 aromatic carbocycles. The Hall–Kier alpha value is -1.19. The van der Waals surface area contributed by atoms with Gasteiger partial charge in [0.2, 0.25) is 0 Å². The molecule has 4 heteroatoms. The molecule has 0 amide bonds. The summed E-state index contributed by atoms with van der Waals surface area (Å²) in [5.41, 5.74) is 6.36. The van der Waals surface area contributed by atoms with Gasteiger partial charge < -0.3 is 15.2 Å². The number of ether oxygens (including phenoxy) is 2. The third kappa shape index (κ3) is 1.98. The van der Waals surface area contributed by atoms with Gasteiger partial charge in [0, 0.05) is 25.5 Å². The van der Waals surface area contributed by atoms with Crippen LogP contribution in [0.15, 0.2) is 18.2 Å². The minimum absolute atomic E-state index is 0.429. The van der Waals surface area contributed by atoms with Gasteiger partial charge >= 0.3 is 0 Å². The minimum atomic E-state index is -0.429. The maximum atomic E-state index is 6.21. The molecule has 0 atom stereocenters. The second-order valence-corrected chi connectivity index (χ2v) is 5.19. The maximum Gasteiger partial charge on any atom is 0.251 e. The number of halogens is 1. The number of fused-ring (bicyclic) bond motifs is 1. The van der Waals surface area contributed by atoms with Crippen LogP contribution in [-0.4, -0.2) is 12.3 Å². The summed E-state index contributed by atoms with van der Waals surface area (Å²) in [6, 6.07) is 3.76. The lowest BCUT2D eigenvalue weighted by Gasteiger charge is -2.21. The molecule has 18 heavy (non-hydrogen) atoms. The summed E-state index contributed by atoms with van der Waals surface area (Å²) in [6.07, 6.45) is 7.99. The fraction of sp³-hybridized carbons (Fsp3) is 0.429. The standard InChI is InChI=1S/C14H16ClNO2/c15-11-9-13-12(8-10(11)4-3-7-16)17-14(18-13)5-1-2-6-14/h3-4,8-9H,1-2,5-7,16H2/b4-3+. The van der Waals surface area contributed by atoms with Crippen molar-refractivity contribution in [3.63, 3.8) is 0 Å². The van der Waals surface area contributed by atoms with E-state index < -0.39 is 5.79 Å². The molecule has 0 aromatic heterocycles. The molecule has 3 rings (SSSR count). The van der Waals surface area contributed by atoms with Crippen molar-refractivity contribution in [1.29, 1.82) is 0 Å². The highest BCUT2D eigenvalue weighted by atomic mass is 35.5. The predicted octanol–water partition coefficient (Wildman–Crippen LogP) is 3.35. The lowest BCUT2D eigenvalue weighted by Crippen LogP contribution is -2.34. The molecule has 2 aliphatic rings. The van der Waals surface area contributed by atoms with Crippen LogP contribution in [0.2, 0.25) is 5.02 Å². The average Bonchev–Trinajstić information content (AvgIpc) is 2.93. The first kappa shape index (κ1) is 11.9. The van der Waals surface area contributed by atoms with Crippen LogP contribution in [0, 0.1) is 0 Å². The van der Waals surface area contributed by atoms with Crippen LogP contribution in [0.3, 0.4) is 0 Å². The van der Waals surface area contributed by atoms with Gasteiger partial charge in [-0.15, -0.1) is 0 Å². The molecule has 1 aliphatic carbocycles. The number of rotatable bonds is 2. The smallest absolute Gasteiger partial charge is 0.251 e. The van der Waals surface area contributed by atoms with E-state index >= 15 is 0 Å². The Labute approximate surface area is 112 Å². The lowest BCUT2D eigenvalue weighted by molar-refractivity contribution is -0.0716. The van der Waals surface area contributed by atoms with Crippen LogP contribution in [0.25, 0.3) is 6.08 Å². The third-order valence-electron chi connectivity index (χ3n) is 3.45. The van der Waals surface area contributed by atoms with Crippen molar-refractivity contribution in [3.8, 4) is 11.5 Å². The van der Waals surface area contributed by atoms with E-state index in [1.54, 1.807) is 0 Å². The van der Waals surface area contributed by atoms with E-state index in [1.165, 1.54) is 0 Å². The number of hydrogen-bond acceptors (Lipinski definition) is 3. The van der Waals surface area contributed by atoms with Crippen molar-refractivity contribution in [2.75, 3.05) is 6.54 Å². The Kier molecular flexibility index (Phi) is 2.96. The Balaban J connectivity index is 1.92. The molecular weight excluding hydrogens is 250 g/mol. The van der Waals surface area contributed by atoms with Crippen LogP contribution in [0.4, 0.5) is 0 Å². The average molecular weight is 266 g/mol. The summed E-state index contributed by atoms with van der Waals surface area (Å²) < 4.78 is 11.9. The monoisotopic (exact) mass is 265 g/mol. The van der Waals surface area contributed by atoms with Crippen molar-refractivity contribution < 1.29 is 9.47 Å².